The van der Waals surface area contributed by atoms with Gasteiger partial charge in [-0.1, -0.05) is 37.3 Å². The van der Waals surface area contributed by atoms with Gasteiger partial charge in [0.1, 0.15) is 0 Å². The fourth-order valence-corrected chi connectivity index (χ4v) is 6.48. The van der Waals surface area contributed by atoms with E-state index < -0.39 is 24.9 Å². The summed E-state index contributed by atoms with van der Waals surface area (Å²) in [5.74, 6) is 0.661. The second-order valence-corrected chi connectivity index (χ2v) is 11.9. The number of allylic oxidation sites excluding steroid dienone is 2. The van der Waals surface area contributed by atoms with E-state index >= 15 is 0 Å². The summed E-state index contributed by atoms with van der Waals surface area (Å²) in [5, 5.41) is 11.7. The van der Waals surface area contributed by atoms with Gasteiger partial charge in [-0.15, -0.1) is 5.10 Å². The molecular weight excluding hydrogens is 555 g/mol. The molecule has 0 saturated carbocycles. The number of halogens is 3. The third-order valence-electron chi connectivity index (χ3n) is 8.84. The Labute approximate surface area is 251 Å². The van der Waals surface area contributed by atoms with Gasteiger partial charge in [-0.3, -0.25) is 4.79 Å². The Bertz CT molecular complexity index is 1360. The van der Waals surface area contributed by atoms with Crippen molar-refractivity contribution < 1.29 is 18.0 Å². The second kappa shape index (κ2) is 13.0. The number of piperidine rings is 2. The molecule has 5 rings (SSSR count). The molecule has 1 aromatic heterocycles. The summed E-state index contributed by atoms with van der Waals surface area (Å²) in [4.78, 5) is 20.9. The number of likely N-dealkylation sites (tertiary alicyclic amines) is 1. The molecular formula is C32H42F3N7O. The van der Waals surface area contributed by atoms with Crippen LogP contribution in [0.15, 0.2) is 48.6 Å². The first-order chi connectivity index (χ1) is 20.6. The minimum absolute atomic E-state index is 0.218. The summed E-state index contributed by atoms with van der Waals surface area (Å²) in [5.41, 5.74) is 5.12. The van der Waals surface area contributed by atoms with E-state index in [0.29, 0.717) is 24.7 Å². The zero-order chi connectivity index (χ0) is 30.6. The predicted molar refractivity (Wildman–Crippen MR) is 163 cm³/mol. The van der Waals surface area contributed by atoms with Crippen molar-refractivity contribution in [2.24, 2.45) is 7.05 Å². The summed E-state index contributed by atoms with van der Waals surface area (Å²) in [6, 6.07) is 8.19. The summed E-state index contributed by atoms with van der Waals surface area (Å²) < 4.78 is 39.3. The number of nitrogens with zero attached hydrogens (tertiary/aromatic N) is 5. The van der Waals surface area contributed by atoms with E-state index in [0.717, 1.165) is 47.7 Å². The van der Waals surface area contributed by atoms with Crippen LogP contribution in [-0.2, 0) is 11.8 Å². The van der Waals surface area contributed by atoms with Gasteiger partial charge in [-0.05, 0) is 68.8 Å². The van der Waals surface area contributed by atoms with Crippen molar-refractivity contribution in [3.63, 3.8) is 0 Å². The fraction of sp³-hybridized carbons (Fsp3) is 0.531. The van der Waals surface area contributed by atoms with Crippen LogP contribution >= 0.6 is 0 Å². The van der Waals surface area contributed by atoms with Gasteiger partial charge in [0.05, 0.1) is 6.42 Å². The second-order valence-electron chi connectivity index (χ2n) is 11.9. The maximum atomic E-state index is 12.5. The van der Waals surface area contributed by atoms with Gasteiger partial charge in [0, 0.05) is 62.1 Å². The van der Waals surface area contributed by atoms with Crippen LogP contribution in [0.3, 0.4) is 0 Å². The largest absolute Gasteiger partial charge is 0.389 e. The van der Waals surface area contributed by atoms with E-state index in [-0.39, 0.29) is 12.1 Å². The first-order valence-electron chi connectivity index (χ1n) is 15.2. The Balaban J connectivity index is 1.20. The summed E-state index contributed by atoms with van der Waals surface area (Å²) >= 11 is 0. The van der Waals surface area contributed by atoms with Crippen molar-refractivity contribution >= 4 is 28.8 Å². The lowest BCUT2D eigenvalue weighted by Gasteiger charge is -2.47. The molecule has 1 atom stereocenters. The average Bonchev–Trinajstić information content (AvgIpc) is 3.35. The molecule has 2 saturated heterocycles. The Morgan fingerprint density at radius 3 is 2.56 bits per heavy atom. The Kier molecular flexibility index (Phi) is 9.29. The van der Waals surface area contributed by atoms with Gasteiger partial charge in [0.2, 0.25) is 11.9 Å². The standard InChI is InChI=1S/C32H42F3N7O/c1-4-27(25-13-20-41(21-14-25)28(43)12-17-32(33,34)35)29-38-30(39-40(29)3)37-26-10-8-24(9-11-26)23(2)42-19-7-16-31(22-42)15-5-6-18-36-31/h4,8-11,13,36H,2,5-7,12,14-22H2,1,3H3,(H,37,39). The summed E-state index contributed by atoms with van der Waals surface area (Å²) in [6.07, 6.45) is 4.61. The molecule has 0 aliphatic carbocycles. The SMILES string of the molecule is C=C(c1ccc(Nc2nc(C(=CC)C3=CCN(C(=O)CCC(F)(F)F)CC3)n(C)n2)cc1)N1CCCC2(CCCCN2)C1. The van der Waals surface area contributed by atoms with Crippen molar-refractivity contribution in [3.8, 4) is 0 Å². The Morgan fingerprint density at radius 1 is 1.14 bits per heavy atom. The van der Waals surface area contributed by atoms with E-state index in [2.05, 4.69) is 39.3 Å². The van der Waals surface area contributed by atoms with E-state index in [9.17, 15) is 18.0 Å². The summed E-state index contributed by atoms with van der Waals surface area (Å²) in [6.45, 7) is 10.1. The fourth-order valence-electron chi connectivity index (χ4n) is 6.48. The molecule has 232 valence electrons. The van der Waals surface area contributed by atoms with E-state index in [4.69, 9.17) is 4.98 Å². The number of aryl methyl sites for hydroxylation is 1. The molecule has 43 heavy (non-hydrogen) atoms. The van der Waals surface area contributed by atoms with Crippen LogP contribution in [0, 0.1) is 0 Å². The van der Waals surface area contributed by atoms with Gasteiger partial charge in [-0.2, -0.15) is 18.2 Å². The lowest BCUT2D eigenvalue weighted by molar-refractivity contribution is -0.148. The zero-order valence-corrected chi connectivity index (χ0v) is 25.1. The van der Waals surface area contributed by atoms with Gasteiger partial charge < -0.3 is 20.4 Å². The molecule has 1 spiro atoms. The van der Waals surface area contributed by atoms with Crippen LogP contribution in [0.4, 0.5) is 24.8 Å². The number of hydrogen-bond donors (Lipinski definition) is 2. The van der Waals surface area contributed by atoms with Crippen LogP contribution in [0.5, 0.6) is 0 Å². The Hall–Kier alpha value is -3.60. The number of benzene rings is 1. The van der Waals surface area contributed by atoms with Crippen LogP contribution < -0.4 is 10.6 Å². The number of hydrogen-bond acceptors (Lipinski definition) is 6. The molecule has 2 aromatic rings. The lowest BCUT2D eigenvalue weighted by atomic mass is 9.81. The first-order valence-corrected chi connectivity index (χ1v) is 15.2. The number of anilines is 2. The van der Waals surface area contributed by atoms with Gasteiger partial charge in [0.25, 0.3) is 0 Å². The number of aromatic nitrogens is 3. The molecule has 1 aromatic carbocycles. The monoisotopic (exact) mass is 597 g/mol. The number of carbonyl (C=O) groups is 1. The van der Waals surface area contributed by atoms with Crippen LogP contribution in [0.2, 0.25) is 0 Å². The number of amides is 1. The Morgan fingerprint density at radius 2 is 1.91 bits per heavy atom. The normalized spacial score (nSPS) is 21.6. The van der Waals surface area contributed by atoms with Crippen molar-refractivity contribution in [2.75, 3.05) is 38.0 Å². The molecule has 1 unspecified atom stereocenters. The first kappa shape index (κ1) is 30.8. The minimum atomic E-state index is -4.33. The molecule has 2 N–H and O–H groups in total. The topological polar surface area (TPSA) is 78.3 Å². The predicted octanol–water partition coefficient (Wildman–Crippen LogP) is 6.04. The average molecular weight is 598 g/mol. The molecule has 2 fully saturated rings. The molecule has 1 amide bonds. The molecule has 0 radical (unpaired) electrons. The highest BCUT2D eigenvalue weighted by Crippen LogP contribution is 2.33. The number of alkyl halides is 3. The molecule has 8 nitrogen and oxygen atoms in total. The highest BCUT2D eigenvalue weighted by atomic mass is 19.4. The third kappa shape index (κ3) is 7.49. The molecule has 0 bridgehead atoms. The quantitative estimate of drug-likeness (QED) is 0.386. The van der Waals surface area contributed by atoms with Gasteiger partial charge in [-0.25, -0.2) is 4.68 Å². The number of carbonyl (C=O) groups excluding carboxylic acids is 1. The zero-order valence-electron chi connectivity index (χ0n) is 25.1. The van der Waals surface area contributed by atoms with Crippen LogP contribution in [-0.4, -0.2) is 74.9 Å². The molecule has 4 heterocycles. The molecule has 3 aliphatic rings. The number of rotatable bonds is 8. The lowest BCUT2D eigenvalue weighted by Crippen LogP contribution is -2.58. The smallest absolute Gasteiger partial charge is 0.370 e. The summed E-state index contributed by atoms with van der Waals surface area (Å²) in [7, 11) is 1.83. The number of nitrogens with one attached hydrogen (secondary N) is 2. The highest BCUT2D eigenvalue weighted by Gasteiger charge is 2.36. The van der Waals surface area contributed by atoms with Crippen molar-refractivity contribution in [1.82, 2.24) is 29.9 Å². The maximum Gasteiger partial charge on any atom is 0.389 e. The maximum absolute atomic E-state index is 12.5. The van der Waals surface area contributed by atoms with Crippen molar-refractivity contribution in [2.45, 2.75) is 70.0 Å². The third-order valence-corrected chi connectivity index (χ3v) is 8.84. The molecule has 11 heteroatoms. The van der Waals surface area contributed by atoms with Gasteiger partial charge in [0.15, 0.2) is 5.82 Å². The van der Waals surface area contributed by atoms with Crippen LogP contribution in [0.25, 0.3) is 11.3 Å². The van der Waals surface area contributed by atoms with Crippen molar-refractivity contribution in [3.05, 3.63) is 60.0 Å². The van der Waals surface area contributed by atoms with Crippen LogP contribution in [0.1, 0.15) is 69.7 Å². The molecule has 3 aliphatic heterocycles. The van der Waals surface area contributed by atoms with Gasteiger partial charge >= 0.3 is 6.18 Å². The van der Waals surface area contributed by atoms with E-state index in [1.807, 2.05) is 38.3 Å². The minimum Gasteiger partial charge on any atom is -0.370 e. The van der Waals surface area contributed by atoms with E-state index in [1.165, 1.54) is 37.0 Å². The highest BCUT2D eigenvalue weighted by molar-refractivity contribution is 5.79. The van der Waals surface area contributed by atoms with E-state index in [1.54, 1.807) is 4.68 Å². The van der Waals surface area contributed by atoms with Crippen molar-refractivity contribution in [1.29, 1.82) is 0 Å².